The fraction of sp³-hybridized carbons (Fsp3) is 0.522. The monoisotopic (exact) mass is 431 g/mol. The first kappa shape index (κ1) is 24.0. The Morgan fingerprint density at radius 1 is 1.00 bits per heavy atom. The highest BCUT2D eigenvalue weighted by Gasteiger charge is 2.40. The molecule has 1 fully saturated rings. The quantitative estimate of drug-likeness (QED) is 0.265. The van der Waals surface area contributed by atoms with E-state index in [-0.39, 0.29) is 41.3 Å². The normalized spacial score (nSPS) is 16.2. The van der Waals surface area contributed by atoms with Crippen LogP contribution in [0, 0.1) is 0 Å². The van der Waals surface area contributed by atoms with Gasteiger partial charge in [-0.3, -0.25) is 24.0 Å². The molecule has 1 aromatic carbocycles. The molecule has 2 rings (SSSR count). The maximum Gasteiger partial charge on any atom is 0.247 e. The van der Waals surface area contributed by atoms with Crippen LogP contribution in [-0.4, -0.2) is 40.2 Å². The van der Waals surface area contributed by atoms with Crippen molar-refractivity contribution < 1.29 is 24.0 Å². The van der Waals surface area contributed by atoms with E-state index in [0.717, 1.165) is 24.2 Å². The molecule has 0 saturated carbocycles. The molecule has 7 heteroatoms. The summed E-state index contributed by atoms with van der Waals surface area (Å²) in [6.07, 6.45) is 4.33. The fourth-order valence-corrected chi connectivity index (χ4v) is 4.33. The molecule has 0 aliphatic carbocycles. The number of amides is 2. The highest BCUT2D eigenvalue weighted by molar-refractivity contribution is 8.01. The van der Waals surface area contributed by atoms with E-state index in [1.807, 2.05) is 6.92 Å². The lowest BCUT2D eigenvalue weighted by Crippen LogP contribution is -2.31. The smallest absolute Gasteiger partial charge is 0.247 e. The van der Waals surface area contributed by atoms with Crippen LogP contribution in [0.15, 0.2) is 24.3 Å². The minimum absolute atomic E-state index is 0.0495. The van der Waals surface area contributed by atoms with Gasteiger partial charge in [0.15, 0.2) is 5.78 Å². The molecule has 30 heavy (non-hydrogen) atoms. The van der Waals surface area contributed by atoms with E-state index in [0.29, 0.717) is 36.9 Å². The first-order chi connectivity index (χ1) is 14.4. The molecule has 1 aromatic rings. The van der Waals surface area contributed by atoms with Crippen LogP contribution in [-0.2, 0) is 19.2 Å². The van der Waals surface area contributed by atoms with Crippen LogP contribution in [0.3, 0.4) is 0 Å². The first-order valence-corrected chi connectivity index (χ1v) is 11.6. The van der Waals surface area contributed by atoms with Crippen molar-refractivity contribution in [2.45, 2.75) is 70.5 Å². The predicted octanol–water partition coefficient (Wildman–Crippen LogP) is 4.14. The third kappa shape index (κ3) is 6.62. The van der Waals surface area contributed by atoms with Gasteiger partial charge in [-0.15, -0.1) is 11.8 Å². The van der Waals surface area contributed by atoms with Gasteiger partial charge in [-0.25, -0.2) is 4.90 Å². The molecule has 1 atom stereocenters. The summed E-state index contributed by atoms with van der Waals surface area (Å²) in [5, 5.41) is -0.575. The topological polar surface area (TPSA) is 88.6 Å². The summed E-state index contributed by atoms with van der Waals surface area (Å²) in [6.45, 7) is 3.61. The Morgan fingerprint density at radius 2 is 1.70 bits per heavy atom. The van der Waals surface area contributed by atoms with Gasteiger partial charge >= 0.3 is 0 Å². The minimum Gasteiger partial charge on any atom is -0.300 e. The maximum absolute atomic E-state index is 12.7. The van der Waals surface area contributed by atoms with E-state index in [4.69, 9.17) is 0 Å². The number of hydrogen-bond acceptors (Lipinski definition) is 6. The summed E-state index contributed by atoms with van der Waals surface area (Å²) >= 11 is 1.21. The summed E-state index contributed by atoms with van der Waals surface area (Å²) in [5.74, 6) is -0.207. The summed E-state index contributed by atoms with van der Waals surface area (Å²) in [5.41, 5.74) is 0.878. The lowest BCUT2D eigenvalue weighted by atomic mass is 10.1. The van der Waals surface area contributed by atoms with E-state index in [2.05, 4.69) is 0 Å². The van der Waals surface area contributed by atoms with Crippen molar-refractivity contribution in [2.75, 3.05) is 10.7 Å². The molecule has 1 aliphatic heterocycles. The molecule has 1 heterocycles. The molecule has 0 bridgehead atoms. The number of Topliss-reactive ketones (excluding diaryl/α,β-unsaturated/α-hetero) is 3. The highest BCUT2D eigenvalue weighted by atomic mass is 32.2. The number of nitrogens with zero attached hydrogens (tertiary/aromatic N) is 1. The van der Waals surface area contributed by atoms with E-state index in [1.54, 1.807) is 31.2 Å². The van der Waals surface area contributed by atoms with Crippen molar-refractivity contribution in [3.05, 3.63) is 29.8 Å². The van der Waals surface area contributed by atoms with Crippen molar-refractivity contribution in [3.63, 3.8) is 0 Å². The van der Waals surface area contributed by atoms with Gasteiger partial charge in [-0.2, -0.15) is 0 Å². The molecule has 1 aliphatic rings. The molecule has 0 spiro atoms. The van der Waals surface area contributed by atoms with Crippen molar-refractivity contribution in [3.8, 4) is 0 Å². The van der Waals surface area contributed by atoms with Gasteiger partial charge in [0.05, 0.1) is 16.7 Å². The van der Waals surface area contributed by atoms with Crippen LogP contribution in [0.25, 0.3) is 0 Å². The van der Waals surface area contributed by atoms with Crippen LogP contribution >= 0.6 is 11.8 Å². The van der Waals surface area contributed by atoms with Gasteiger partial charge in [0, 0.05) is 37.7 Å². The lowest BCUT2D eigenvalue weighted by molar-refractivity contribution is -0.121. The molecule has 0 aromatic heterocycles. The number of rotatable bonds is 13. The molecule has 162 valence electrons. The molecule has 0 N–H and O–H groups in total. The molecule has 0 radical (unpaired) electrons. The standard InChI is InChI=1S/C23H29NO5S/c1-3-18(25)11-6-5-7-12-19(26)15-30-21-14-22(28)24(23(21)29)17-10-8-9-16(13-17)20(27)4-2/h8-10,13,21H,3-7,11-12,14-15H2,1-2H3. The van der Waals surface area contributed by atoms with Crippen molar-refractivity contribution >= 4 is 46.6 Å². The number of unbranched alkanes of at least 4 members (excludes halogenated alkanes) is 2. The molecule has 1 unspecified atom stereocenters. The number of ketones is 3. The number of thioether (sulfide) groups is 1. The fourth-order valence-electron chi connectivity index (χ4n) is 3.29. The van der Waals surface area contributed by atoms with Crippen LogP contribution in [0.5, 0.6) is 0 Å². The summed E-state index contributed by atoms with van der Waals surface area (Å²) in [7, 11) is 0. The molecular formula is C23H29NO5S. The van der Waals surface area contributed by atoms with Gasteiger partial charge in [0.2, 0.25) is 11.8 Å². The zero-order chi connectivity index (χ0) is 22.1. The van der Waals surface area contributed by atoms with Crippen molar-refractivity contribution in [1.29, 1.82) is 0 Å². The highest BCUT2D eigenvalue weighted by Crippen LogP contribution is 2.30. The van der Waals surface area contributed by atoms with Crippen LogP contribution in [0.1, 0.15) is 75.6 Å². The summed E-state index contributed by atoms with van der Waals surface area (Å²) < 4.78 is 0. The number of benzene rings is 1. The Hall–Kier alpha value is -2.28. The number of imide groups is 1. The Labute approximate surface area is 181 Å². The minimum atomic E-state index is -0.575. The van der Waals surface area contributed by atoms with E-state index >= 15 is 0 Å². The Balaban J connectivity index is 1.83. The zero-order valence-electron chi connectivity index (χ0n) is 17.6. The molecule has 1 saturated heterocycles. The average molecular weight is 432 g/mol. The number of anilines is 1. The van der Waals surface area contributed by atoms with Crippen molar-refractivity contribution in [1.82, 2.24) is 0 Å². The molecule has 2 amide bonds. The van der Waals surface area contributed by atoms with Gasteiger partial charge in [-0.1, -0.05) is 32.4 Å². The predicted molar refractivity (Wildman–Crippen MR) is 118 cm³/mol. The SMILES string of the molecule is CCC(=O)CCCCCC(=O)CSC1CC(=O)N(c2cccc(C(=O)CC)c2)C1=O. The molecular weight excluding hydrogens is 402 g/mol. The van der Waals surface area contributed by atoms with Crippen LogP contribution < -0.4 is 4.90 Å². The second-order valence-corrected chi connectivity index (χ2v) is 8.58. The van der Waals surface area contributed by atoms with Crippen LogP contribution in [0.2, 0.25) is 0 Å². The van der Waals surface area contributed by atoms with Crippen molar-refractivity contribution in [2.24, 2.45) is 0 Å². The Bertz CT molecular complexity index is 820. The summed E-state index contributed by atoms with van der Waals surface area (Å²) in [4.78, 5) is 61.5. The largest absolute Gasteiger partial charge is 0.300 e. The van der Waals surface area contributed by atoms with E-state index in [1.165, 1.54) is 11.8 Å². The number of hydrogen-bond donors (Lipinski definition) is 0. The maximum atomic E-state index is 12.7. The van der Waals surface area contributed by atoms with E-state index in [9.17, 15) is 24.0 Å². The summed E-state index contributed by atoms with van der Waals surface area (Å²) in [6, 6.07) is 6.55. The first-order valence-electron chi connectivity index (χ1n) is 10.5. The number of carbonyl (C=O) groups excluding carboxylic acids is 5. The van der Waals surface area contributed by atoms with Gasteiger partial charge < -0.3 is 0 Å². The Morgan fingerprint density at radius 3 is 2.37 bits per heavy atom. The lowest BCUT2D eigenvalue weighted by Gasteiger charge is -2.15. The second-order valence-electron chi connectivity index (χ2n) is 7.39. The average Bonchev–Trinajstić information content (AvgIpc) is 3.04. The molecule has 6 nitrogen and oxygen atoms in total. The van der Waals surface area contributed by atoms with E-state index < -0.39 is 5.25 Å². The number of carbonyl (C=O) groups is 5. The second kappa shape index (κ2) is 11.8. The third-order valence-electron chi connectivity index (χ3n) is 5.10. The third-order valence-corrected chi connectivity index (χ3v) is 6.36. The van der Waals surface area contributed by atoms with Crippen LogP contribution in [0.4, 0.5) is 5.69 Å². The van der Waals surface area contributed by atoms with Gasteiger partial charge in [-0.05, 0) is 25.0 Å². The Kier molecular flexibility index (Phi) is 9.43. The zero-order valence-corrected chi connectivity index (χ0v) is 18.5. The van der Waals surface area contributed by atoms with Gasteiger partial charge in [0.1, 0.15) is 11.6 Å². The van der Waals surface area contributed by atoms with Gasteiger partial charge in [0.25, 0.3) is 0 Å².